The topological polar surface area (TPSA) is 94.8 Å². The highest BCUT2D eigenvalue weighted by atomic mass is 16.7. The van der Waals surface area contributed by atoms with E-state index >= 15 is 0 Å². The number of carbonyl (C=O) groups is 1. The molecule has 3 aromatic carbocycles. The number of nitrogens with one attached hydrogen (secondary N) is 2. The zero-order valence-electron chi connectivity index (χ0n) is 15.9. The Morgan fingerprint density at radius 1 is 1.03 bits per heavy atom. The zero-order chi connectivity index (χ0) is 20.2. The van der Waals surface area contributed by atoms with Gasteiger partial charge in [0, 0.05) is 11.3 Å². The van der Waals surface area contributed by atoms with Gasteiger partial charge in [0.25, 0.3) is 0 Å². The van der Waals surface area contributed by atoms with Gasteiger partial charge < -0.3 is 19.5 Å². The van der Waals surface area contributed by atoms with Crippen molar-refractivity contribution in [2.45, 2.75) is 13.5 Å². The van der Waals surface area contributed by atoms with Crippen molar-refractivity contribution in [3.63, 3.8) is 0 Å². The first-order valence-corrected chi connectivity index (χ1v) is 9.13. The van der Waals surface area contributed by atoms with Gasteiger partial charge in [-0.25, -0.2) is 10.6 Å². The number of rotatable bonds is 5. The Bertz CT molecular complexity index is 1050. The molecule has 29 heavy (non-hydrogen) atoms. The standard InChI is InChI=1S/C22H21N3O4/c1-14-4-2-7-19(24-22(26)25-23)18(14)12-27-17-6-3-5-15(10-17)16-8-9-20-21(11-16)29-13-28-20/h2-11H,12-13,23H2,1H3,(H2,24,25,26). The average molecular weight is 391 g/mol. The lowest BCUT2D eigenvalue weighted by Crippen LogP contribution is -2.34. The molecule has 7 heteroatoms. The van der Waals surface area contributed by atoms with Gasteiger partial charge in [-0.2, -0.15) is 0 Å². The van der Waals surface area contributed by atoms with Crippen LogP contribution in [0.25, 0.3) is 11.1 Å². The van der Waals surface area contributed by atoms with Gasteiger partial charge in [-0.1, -0.05) is 30.3 Å². The zero-order valence-corrected chi connectivity index (χ0v) is 15.9. The summed E-state index contributed by atoms with van der Waals surface area (Å²) >= 11 is 0. The fourth-order valence-corrected chi connectivity index (χ4v) is 3.17. The maximum absolute atomic E-state index is 11.6. The SMILES string of the molecule is Cc1cccc(NC(=O)NN)c1COc1cccc(-c2ccc3c(c2)OCO3)c1. The van der Waals surface area contributed by atoms with Crippen molar-refractivity contribution in [1.29, 1.82) is 0 Å². The van der Waals surface area contributed by atoms with Crippen LogP contribution >= 0.6 is 0 Å². The van der Waals surface area contributed by atoms with Gasteiger partial charge in [0.15, 0.2) is 11.5 Å². The van der Waals surface area contributed by atoms with Crippen LogP contribution in [0.4, 0.5) is 10.5 Å². The molecule has 0 radical (unpaired) electrons. The normalized spacial score (nSPS) is 11.8. The van der Waals surface area contributed by atoms with Crippen molar-refractivity contribution < 1.29 is 19.0 Å². The molecule has 0 saturated heterocycles. The van der Waals surface area contributed by atoms with Crippen LogP contribution in [-0.4, -0.2) is 12.8 Å². The number of hydrazine groups is 1. The molecule has 1 aliphatic heterocycles. The fourth-order valence-electron chi connectivity index (χ4n) is 3.17. The van der Waals surface area contributed by atoms with Crippen molar-refractivity contribution in [2.24, 2.45) is 5.84 Å². The highest BCUT2D eigenvalue weighted by molar-refractivity contribution is 5.89. The molecular formula is C22H21N3O4. The third kappa shape index (κ3) is 4.09. The predicted molar refractivity (Wildman–Crippen MR) is 110 cm³/mol. The number of anilines is 1. The van der Waals surface area contributed by atoms with Crippen LogP contribution < -0.4 is 30.8 Å². The Labute approximate surface area is 168 Å². The van der Waals surface area contributed by atoms with E-state index in [1.807, 2.05) is 67.6 Å². The van der Waals surface area contributed by atoms with Gasteiger partial charge in [0.1, 0.15) is 12.4 Å². The fraction of sp³-hybridized carbons (Fsp3) is 0.136. The first-order chi connectivity index (χ1) is 14.1. The Hall–Kier alpha value is -3.71. The van der Waals surface area contributed by atoms with E-state index in [0.717, 1.165) is 39.5 Å². The second-order valence-electron chi connectivity index (χ2n) is 6.58. The average Bonchev–Trinajstić information content (AvgIpc) is 3.21. The molecule has 7 nitrogen and oxygen atoms in total. The van der Waals surface area contributed by atoms with Gasteiger partial charge in [0.2, 0.25) is 6.79 Å². The molecule has 0 bridgehead atoms. The number of nitrogens with two attached hydrogens (primary N) is 1. The second kappa shape index (κ2) is 8.12. The summed E-state index contributed by atoms with van der Waals surface area (Å²) in [5, 5.41) is 2.72. The van der Waals surface area contributed by atoms with Crippen molar-refractivity contribution in [3.05, 3.63) is 71.8 Å². The third-order valence-electron chi connectivity index (χ3n) is 4.71. The lowest BCUT2D eigenvalue weighted by atomic mass is 10.0. The van der Waals surface area contributed by atoms with Crippen LogP contribution in [0.1, 0.15) is 11.1 Å². The van der Waals surface area contributed by atoms with Crippen molar-refractivity contribution in [1.82, 2.24) is 5.43 Å². The van der Waals surface area contributed by atoms with Crippen LogP contribution in [0.5, 0.6) is 17.2 Å². The Morgan fingerprint density at radius 3 is 2.69 bits per heavy atom. The smallest absolute Gasteiger partial charge is 0.333 e. The lowest BCUT2D eigenvalue weighted by Gasteiger charge is -2.15. The summed E-state index contributed by atoms with van der Waals surface area (Å²) < 4.78 is 16.9. The third-order valence-corrected chi connectivity index (χ3v) is 4.71. The Morgan fingerprint density at radius 2 is 1.83 bits per heavy atom. The number of carbonyl (C=O) groups excluding carboxylic acids is 1. The molecule has 0 spiro atoms. The van der Waals surface area contributed by atoms with Gasteiger partial charge in [-0.15, -0.1) is 0 Å². The van der Waals surface area contributed by atoms with Crippen LogP contribution in [0.2, 0.25) is 0 Å². The molecule has 3 aromatic rings. The van der Waals surface area contributed by atoms with Crippen molar-refractivity contribution in [3.8, 4) is 28.4 Å². The van der Waals surface area contributed by atoms with E-state index in [9.17, 15) is 4.79 Å². The largest absolute Gasteiger partial charge is 0.489 e. The molecule has 4 rings (SSSR count). The van der Waals surface area contributed by atoms with Crippen molar-refractivity contribution >= 4 is 11.7 Å². The van der Waals surface area contributed by atoms with Crippen LogP contribution in [0, 0.1) is 6.92 Å². The number of urea groups is 1. The molecule has 0 saturated carbocycles. The first kappa shape index (κ1) is 18.6. The summed E-state index contributed by atoms with van der Waals surface area (Å²) in [6, 6.07) is 18.8. The van der Waals surface area contributed by atoms with E-state index in [1.54, 1.807) is 0 Å². The minimum atomic E-state index is -0.485. The molecule has 148 valence electrons. The quantitative estimate of drug-likeness (QED) is 0.348. The minimum absolute atomic E-state index is 0.247. The van der Waals surface area contributed by atoms with Crippen LogP contribution in [-0.2, 0) is 6.61 Å². The molecular weight excluding hydrogens is 370 g/mol. The summed E-state index contributed by atoms with van der Waals surface area (Å²) in [4.78, 5) is 11.6. The van der Waals surface area contributed by atoms with Crippen LogP contribution in [0.3, 0.4) is 0 Å². The second-order valence-corrected chi connectivity index (χ2v) is 6.58. The molecule has 0 atom stereocenters. The van der Waals surface area contributed by atoms with E-state index in [-0.39, 0.29) is 6.79 Å². The lowest BCUT2D eigenvalue weighted by molar-refractivity contribution is 0.174. The monoisotopic (exact) mass is 391 g/mol. The number of hydrogen-bond acceptors (Lipinski definition) is 5. The molecule has 0 aromatic heterocycles. The number of fused-ring (bicyclic) bond motifs is 1. The highest BCUT2D eigenvalue weighted by Crippen LogP contribution is 2.36. The minimum Gasteiger partial charge on any atom is -0.489 e. The molecule has 1 heterocycles. The maximum Gasteiger partial charge on any atom is 0.333 e. The first-order valence-electron chi connectivity index (χ1n) is 9.13. The number of ether oxygens (including phenoxy) is 3. The summed E-state index contributed by atoms with van der Waals surface area (Å²) in [6.07, 6.45) is 0. The summed E-state index contributed by atoms with van der Waals surface area (Å²) in [6.45, 7) is 2.52. The molecule has 0 fully saturated rings. The molecule has 0 unspecified atom stereocenters. The number of aryl methyl sites for hydroxylation is 1. The van der Waals surface area contributed by atoms with E-state index in [4.69, 9.17) is 20.1 Å². The molecule has 0 aliphatic carbocycles. The predicted octanol–water partition coefficient (Wildman–Crippen LogP) is 3.96. The van der Waals surface area contributed by atoms with E-state index in [0.29, 0.717) is 12.3 Å². The van der Waals surface area contributed by atoms with E-state index in [2.05, 4.69) is 10.7 Å². The van der Waals surface area contributed by atoms with Crippen molar-refractivity contribution in [2.75, 3.05) is 12.1 Å². The molecule has 2 amide bonds. The van der Waals surface area contributed by atoms with Gasteiger partial charge in [-0.05, 0) is 53.9 Å². The number of hydrogen-bond donors (Lipinski definition) is 3. The summed E-state index contributed by atoms with van der Waals surface area (Å²) in [7, 11) is 0. The summed E-state index contributed by atoms with van der Waals surface area (Å²) in [5.41, 5.74) is 6.62. The summed E-state index contributed by atoms with van der Waals surface area (Å²) in [5.74, 6) is 7.38. The highest BCUT2D eigenvalue weighted by Gasteiger charge is 2.14. The maximum atomic E-state index is 11.6. The molecule has 4 N–H and O–H groups in total. The number of benzene rings is 3. The molecule has 1 aliphatic rings. The van der Waals surface area contributed by atoms with Crippen LogP contribution in [0.15, 0.2) is 60.7 Å². The number of amides is 2. The van der Waals surface area contributed by atoms with Gasteiger partial charge >= 0.3 is 6.03 Å². The van der Waals surface area contributed by atoms with Gasteiger partial charge in [-0.3, -0.25) is 5.43 Å². The van der Waals surface area contributed by atoms with E-state index in [1.165, 1.54) is 0 Å². The Kier molecular flexibility index (Phi) is 5.22. The van der Waals surface area contributed by atoms with E-state index < -0.39 is 6.03 Å². The van der Waals surface area contributed by atoms with Gasteiger partial charge in [0.05, 0.1) is 0 Å². The Balaban J connectivity index is 1.53.